The Morgan fingerprint density at radius 3 is 2.14 bits per heavy atom. The third-order valence-corrected chi connectivity index (χ3v) is 6.17. The molecule has 2 aliphatic rings. The van der Waals surface area contributed by atoms with Gasteiger partial charge in [0.25, 0.3) is 0 Å². The highest BCUT2D eigenvalue weighted by Crippen LogP contribution is 2.43. The van der Waals surface area contributed by atoms with Crippen molar-refractivity contribution in [1.82, 2.24) is 4.90 Å². The summed E-state index contributed by atoms with van der Waals surface area (Å²) in [4.78, 5) is 2.47. The summed E-state index contributed by atoms with van der Waals surface area (Å²) in [6.45, 7) is 15.6. The molecule has 2 rings (SSSR count). The van der Waals surface area contributed by atoms with Crippen molar-refractivity contribution in [3.05, 3.63) is 0 Å². The molecule has 0 aromatic heterocycles. The van der Waals surface area contributed by atoms with Gasteiger partial charge >= 0.3 is 0 Å². The molecule has 2 unspecified atom stereocenters. The molecule has 2 fully saturated rings. The fraction of sp³-hybridized carbons (Fsp3) is 1.00. The van der Waals surface area contributed by atoms with E-state index >= 15 is 0 Å². The number of rotatable bonds is 3. The topological polar surface area (TPSA) is 12.5 Å². The molecule has 21 heavy (non-hydrogen) atoms. The minimum absolute atomic E-state index is 0.422. The standard InChI is InChI=1S/C19H37NO/c1-18(2,3)16-9-12-21-17(13-16)14-19(4,5)15-7-10-20(6)11-8-15/h15-17H,7-14H2,1-6H3. The molecule has 2 heteroatoms. The fourth-order valence-corrected chi connectivity index (χ4v) is 4.35. The molecule has 2 atom stereocenters. The van der Waals surface area contributed by atoms with Crippen molar-refractivity contribution < 1.29 is 4.74 Å². The molecule has 0 saturated carbocycles. The first-order valence-corrected chi connectivity index (χ1v) is 8.98. The van der Waals surface area contributed by atoms with Gasteiger partial charge in [-0.1, -0.05) is 34.6 Å². The molecule has 0 amide bonds. The van der Waals surface area contributed by atoms with E-state index in [1.54, 1.807) is 0 Å². The van der Waals surface area contributed by atoms with E-state index in [1.165, 1.54) is 45.2 Å². The lowest BCUT2D eigenvalue weighted by atomic mass is 9.68. The van der Waals surface area contributed by atoms with Gasteiger partial charge in [0.05, 0.1) is 6.10 Å². The van der Waals surface area contributed by atoms with E-state index in [9.17, 15) is 0 Å². The number of hydrogen-bond acceptors (Lipinski definition) is 2. The van der Waals surface area contributed by atoms with Crippen LogP contribution in [0.2, 0.25) is 0 Å². The predicted octanol–water partition coefficient (Wildman–Crippen LogP) is 4.59. The van der Waals surface area contributed by atoms with Crippen LogP contribution in [0.5, 0.6) is 0 Å². The fourth-order valence-electron chi connectivity index (χ4n) is 4.35. The third-order valence-electron chi connectivity index (χ3n) is 6.17. The van der Waals surface area contributed by atoms with E-state index in [-0.39, 0.29) is 0 Å². The molecular formula is C19H37NO. The molecule has 0 aromatic rings. The van der Waals surface area contributed by atoms with E-state index in [0.717, 1.165) is 18.4 Å². The van der Waals surface area contributed by atoms with Gasteiger partial charge in [0, 0.05) is 6.61 Å². The van der Waals surface area contributed by atoms with Crippen molar-refractivity contribution in [2.75, 3.05) is 26.7 Å². The number of ether oxygens (including phenoxy) is 1. The summed E-state index contributed by atoms with van der Waals surface area (Å²) in [6, 6.07) is 0. The lowest BCUT2D eigenvalue weighted by molar-refractivity contribution is -0.0633. The number of nitrogens with zero attached hydrogens (tertiary/aromatic N) is 1. The van der Waals surface area contributed by atoms with Gasteiger partial charge in [-0.25, -0.2) is 0 Å². The second-order valence-corrected chi connectivity index (χ2v) is 9.35. The molecule has 0 bridgehead atoms. The molecule has 124 valence electrons. The Hall–Kier alpha value is -0.0800. The van der Waals surface area contributed by atoms with Gasteiger partial charge in [0.15, 0.2) is 0 Å². The highest BCUT2D eigenvalue weighted by Gasteiger charge is 2.37. The minimum atomic E-state index is 0.422. The van der Waals surface area contributed by atoms with Gasteiger partial charge in [-0.3, -0.25) is 0 Å². The van der Waals surface area contributed by atoms with Crippen LogP contribution in [0.4, 0.5) is 0 Å². The van der Waals surface area contributed by atoms with Crippen LogP contribution in [0.3, 0.4) is 0 Å². The van der Waals surface area contributed by atoms with Gasteiger partial charge in [-0.15, -0.1) is 0 Å². The monoisotopic (exact) mass is 295 g/mol. The average Bonchev–Trinajstić information content (AvgIpc) is 2.38. The summed E-state index contributed by atoms with van der Waals surface area (Å²) in [6.07, 6.45) is 6.96. The highest BCUT2D eigenvalue weighted by molar-refractivity contribution is 4.88. The van der Waals surface area contributed by atoms with Crippen molar-refractivity contribution >= 4 is 0 Å². The summed E-state index contributed by atoms with van der Waals surface area (Å²) in [7, 11) is 2.25. The van der Waals surface area contributed by atoms with E-state index < -0.39 is 0 Å². The maximum Gasteiger partial charge on any atom is 0.0583 e. The summed E-state index contributed by atoms with van der Waals surface area (Å²) in [5.74, 6) is 1.69. The molecule has 2 aliphatic heterocycles. The van der Waals surface area contributed by atoms with Crippen LogP contribution in [-0.4, -0.2) is 37.7 Å². The molecule has 0 aromatic carbocycles. The summed E-state index contributed by atoms with van der Waals surface area (Å²) in [5, 5.41) is 0. The molecule has 2 saturated heterocycles. The second kappa shape index (κ2) is 6.58. The van der Waals surface area contributed by atoms with Gasteiger partial charge in [-0.05, 0) is 74.9 Å². The summed E-state index contributed by atoms with van der Waals surface area (Å²) < 4.78 is 6.14. The Labute approximate surface area is 132 Å². The maximum atomic E-state index is 6.14. The molecular weight excluding hydrogens is 258 g/mol. The Morgan fingerprint density at radius 1 is 0.952 bits per heavy atom. The van der Waals surface area contributed by atoms with Crippen molar-refractivity contribution in [3.63, 3.8) is 0 Å². The minimum Gasteiger partial charge on any atom is -0.378 e. The molecule has 2 nitrogen and oxygen atoms in total. The summed E-state index contributed by atoms with van der Waals surface area (Å²) in [5.41, 5.74) is 0.853. The molecule has 0 N–H and O–H groups in total. The molecule has 0 spiro atoms. The zero-order valence-electron chi connectivity index (χ0n) is 15.2. The van der Waals surface area contributed by atoms with Crippen LogP contribution in [0, 0.1) is 22.7 Å². The quantitative estimate of drug-likeness (QED) is 0.755. The van der Waals surface area contributed by atoms with Crippen LogP contribution < -0.4 is 0 Å². The van der Waals surface area contributed by atoms with Gasteiger partial charge in [-0.2, -0.15) is 0 Å². The molecule has 2 heterocycles. The third kappa shape index (κ3) is 4.69. The van der Waals surface area contributed by atoms with E-state index in [1.807, 2.05) is 0 Å². The highest BCUT2D eigenvalue weighted by atomic mass is 16.5. The van der Waals surface area contributed by atoms with Crippen LogP contribution in [-0.2, 0) is 4.74 Å². The van der Waals surface area contributed by atoms with E-state index in [4.69, 9.17) is 4.74 Å². The van der Waals surface area contributed by atoms with Gasteiger partial charge in [0.1, 0.15) is 0 Å². The smallest absolute Gasteiger partial charge is 0.0583 e. The van der Waals surface area contributed by atoms with Crippen LogP contribution in [0.1, 0.15) is 66.7 Å². The Morgan fingerprint density at radius 2 is 1.57 bits per heavy atom. The first-order chi connectivity index (χ1) is 9.68. The zero-order valence-corrected chi connectivity index (χ0v) is 15.2. The normalized spacial score (nSPS) is 30.6. The number of piperidine rings is 1. The van der Waals surface area contributed by atoms with Crippen molar-refractivity contribution in [3.8, 4) is 0 Å². The first-order valence-electron chi connectivity index (χ1n) is 8.98. The molecule has 0 radical (unpaired) electrons. The lowest BCUT2D eigenvalue weighted by Crippen LogP contribution is -2.41. The number of hydrogen-bond donors (Lipinski definition) is 0. The van der Waals surface area contributed by atoms with Crippen LogP contribution >= 0.6 is 0 Å². The van der Waals surface area contributed by atoms with Crippen molar-refractivity contribution in [2.45, 2.75) is 72.8 Å². The SMILES string of the molecule is CN1CCC(C(C)(C)CC2CC(C(C)(C)C)CCO2)CC1. The maximum absolute atomic E-state index is 6.14. The lowest BCUT2D eigenvalue weighted by Gasteiger charge is -2.44. The largest absolute Gasteiger partial charge is 0.378 e. The Bertz CT molecular complexity index is 323. The van der Waals surface area contributed by atoms with E-state index in [2.05, 4.69) is 46.6 Å². The van der Waals surface area contributed by atoms with Crippen LogP contribution in [0.25, 0.3) is 0 Å². The Kier molecular flexibility index (Phi) is 5.41. The average molecular weight is 296 g/mol. The predicted molar refractivity (Wildman–Crippen MR) is 90.5 cm³/mol. The first kappa shape index (κ1) is 17.3. The molecule has 0 aliphatic carbocycles. The summed E-state index contributed by atoms with van der Waals surface area (Å²) >= 11 is 0. The van der Waals surface area contributed by atoms with Crippen molar-refractivity contribution in [2.24, 2.45) is 22.7 Å². The zero-order chi connectivity index (χ0) is 15.7. The second-order valence-electron chi connectivity index (χ2n) is 9.35. The Balaban J connectivity index is 1.90. The van der Waals surface area contributed by atoms with Gasteiger partial charge < -0.3 is 9.64 Å². The van der Waals surface area contributed by atoms with E-state index in [0.29, 0.717) is 16.9 Å². The van der Waals surface area contributed by atoms with Gasteiger partial charge in [0.2, 0.25) is 0 Å². The van der Waals surface area contributed by atoms with Crippen molar-refractivity contribution in [1.29, 1.82) is 0 Å². The number of likely N-dealkylation sites (tertiary alicyclic amines) is 1. The van der Waals surface area contributed by atoms with Crippen LogP contribution in [0.15, 0.2) is 0 Å².